The third-order valence-electron chi connectivity index (χ3n) is 3.09. The maximum Gasteiger partial charge on any atom is 0.127 e. The smallest absolute Gasteiger partial charge is 0.127 e. The molecule has 1 N–H and O–H groups in total. The van der Waals surface area contributed by atoms with Crippen molar-refractivity contribution in [1.29, 1.82) is 0 Å². The fourth-order valence-corrected chi connectivity index (χ4v) is 2.02. The van der Waals surface area contributed by atoms with Crippen molar-refractivity contribution in [3.05, 3.63) is 34.6 Å². The minimum absolute atomic E-state index is 0.0867. The zero-order chi connectivity index (χ0) is 12.2. The lowest BCUT2D eigenvalue weighted by Gasteiger charge is -2.28. The molecule has 0 amide bonds. The molecule has 90 valence electrons. The Morgan fingerprint density at radius 2 is 2.12 bits per heavy atom. The average Bonchev–Trinajstić information content (AvgIpc) is 2.23. The normalized spacial score (nSPS) is 14.8. The Morgan fingerprint density at radius 3 is 2.62 bits per heavy atom. The number of hydrogen-bond acceptors (Lipinski definition) is 1. The Bertz CT molecular complexity index is 354. The molecule has 1 aromatic carbocycles. The molecule has 1 rings (SSSR count). The summed E-state index contributed by atoms with van der Waals surface area (Å²) in [5.41, 5.74) is 0.827. The number of hydrogen-bond donors (Lipinski definition) is 1. The lowest BCUT2D eigenvalue weighted by Crippen LogP contribution is -2.31. The van der Waals surface area contributed by atoms with Crippen LogP contribution in [0.15, 0.2) is 18.2 Å². The summed E-state index contributed by atoms with van der Waals surface area (Å²) in [4.78, 5) is 0. The molecular formula is C13H19ClFN. The van der Waals surface area contributed by atoms with Crippen molar-refractivity contribution in [2.75, 3.05) is 13.6 Å². The van der Waals surface area contributed by atoms with Crippen molar-refractivity contribution in [3.63, 3.8) is 0 Å². The Labute approximate surface area is 102 Å². The second-order valence-corrected chi connectivity index (χ2v) is 5.04. The second-order valence-electron chi connectivity index (χ2n) is 4.61. The van der Waals surface area contributed by atoms with Gasteiger partial charge in [-0.2, -0.15) is 0 Å². The SMILES string of the molecule is CCC(C)(CNC)Cc1ccc(Cl)cc1F. The number of benzene rings is 1. The molecule has 0 aliphatic rings. The summed E-state index contributed by atoms with van der Waals surface area (Å²) in [6, 6.07) is 4.91. The standard InChI is InChI=1S/C13H19ClFN/c1-4-13(2,9-16-3)8-10-5-6-11(14)7-12(10)15/h5-7,16H,4,8-9H2,1-3H3. The first kappa shape index (κ1) is 13.5. The molecular weight excluding hydrogens is 225 g/mol. The van der Waals surface area contributed by atoms with E-state index >= 15 is 0 Å². The number of halogens is 2. The molecule has 0 heterocycles. The molecule has 16 heavy (non-hydrogen) atoms. The molecule has 0 fully saturated rings. The monoisotopic (exact) mass is 243 g/mol. The minimum atomic E-state index is -0.205. The molecule has 1 aromatic rings. The van der Waals surface area contributed by atoms with Gasteiger partial charge in [-0.15, -0.1) is 0 Å². The quantitative estimate of drug-likeness (QED) is 0.832. The molecule has 1 nitrogen and oxygen atoms in total. The van der Waals surface area contributed by atoms with Crippen LogP contribution in [-0.4, -0.2) is 13.6 Å². The van der Waals surface area contributed by atoms with Gasteiger partial charge in [-0.1, -0.05) is 31.5 Å². The highest BCUT2D eigenvalue weighted by atomic mass is 35.5. The van der Waals surface area contributed by atoms with Crippen LogP contribution in [0, 0.1) is 11.2 Å². The third-order valence-corrected chi connectivity index (χ3v) is 3.32. The van der Waals surface area contributed by atoms with Crippen molar-refractivity contribution >= 4 is 11.6 Å². The predicted octanol–water partition coefficient (Wildman–Crippen LogP) is 3.66. The van der Waals surface area contributed by atoms with Crippen molar-refractivity contribution < 1.29 is 4.39 Å². The molecule has 0 radical (unpaired) electrons. The summed E-state index contributed by atoms with van der Waals surface area (Å²) in [7, 11) is 1.92. The Kier molecular flexibility index (Phi) is 4.75. The van der Waals surface area contributed by atoms with Crippen LogP contribution in [0.2, 0.25) is 5.02 Å². The highest BCUT2D eigenvalue weighted by molar-refractivity contribution is 6.30. The van der Waals surface area contributed by atoms with E-state index in [-0.39, 0.29) is 11.2 Å². The molecule has 3 heteroatoms. The Hall–Kier alpha value is -0.600. The lowest BCUT2D eigenvalue weighted by molar-refractivity contribution is 0.295. The van der Waals surface area contributed by atoms with E-state index in [1.165, 1.54) is 6.07 Å². The highest BCUT2D eigenvalue weighted by Gasteiger charge is 2.23. The van der Waals surface area contributed by atoms with E-state index in [1.807, 2.05) is 7.05 Å². The van der Waals surface area contributed by atoms with Crippen LogP contribution >= 0.6 is 11.6 Å². The van der Waals surface area contributed by atoms with Gasteiger partial charge >= 0.3 is 0 Å². The van der Waals surface area contributed by atoms with E-state index in [1.54, 1.807) is 12.1 Å². The van der Waals surface area contributed by atoms with Crippen molar-refractivity contribution in [2.45, 2.75) is 26.7 Å². The van der Waals surface area contributed by atoms with Crippen LogP contribution in [0.1, 0.15) is 25.8 Å². The number of rotatable bonds is 5. The molecule has 0 bridgehead atoms. The van der Waals surface area contributed by atoms with Crippen LogP contribution in [-0.2, 0) is 6.42 Å². The zero-order valence-corrected chi connectivity index (χ0v) is 10.9. The van der Waals surface area contributed by atoms with Gasteiger partial charge in [-0.05, 0) is 43.0 Å². The van der Waals surface area contributed by atoms with Crippen molar-refractivity contribution in [2.24, 2.45) is 5.41 Å². The third kappa shape index (κ3) is 3.46. The Morgan fingerprint density at radius 1 is 1.44 bits per heavy atom. The fourth-order valence-electron chi connectivity index (χ4n) is 1.86. The Balaban J connectivity index is 2.85. The van der Waals surface area contributed by atoms with E-state index in [0.717, 1.165) is 24.9 Å². The van der Waals surface area contributed by atoms with Gasteiger partial charge in [0, 0.05) is 11.6 Å². The largest absolute Gasteiger partial charge is 0.319 e. The van der Waals surface area contributed by atoms with Crippen molar-refractivity contribution in [3.8, 4) is 0 Å². The van der Waals surface area contributed by atoms with Gasteiger partial charge in [-0.25, -0.2) is 4.39 Å². The van der Waals surface area contributed by atoms with Gasteiger partial charge in [0.15, 0.2) is 0 Å². The minimum Gasteiger partial charge on any atom is -0.319 e. The molecule has 1 atom stereocenters. The molecule has 0 aromatic heterocycles. The van der Waals surface area contributed by atoms with E-state index in [4.69, 9.17) is 11.6 Å². The van der Waals surface area contributed by atoms with Crippen LogP contribution in [0.5, 0.6) is 0 Å². The number of nitrogens with one attached hydrogen (secondary N) is 1. The summed E-state index contributed by atoms with van der Waals surface area (Å²) in [6.07, 6.45) is 1.74. The molecule has 0 aliphatic heterocycles. The maximum atomic E-state index is 13.7. The van der Waals surface area contributed by atoms with Crippen molar-refractivity contribution in [1.82, 2.24) is 5.32 Å². The highest BCUT2D eigenvalue weighted by Crippen LogP contribution is 2.27. The van der Waals surface area contributed by atoms with E-state index in [0.29, 0.717) is 5.02 Å². The van der Waals surface area contributed by atoms with Gasteiger partial charge in [0.25, 0.3) is 0 Å². The molecule has 0 saturated heterocycles. The van der Waals surface area contributed by atoms with Gasteiger partial charge in [0.1, 0.15) is 5.82 Å². The average molecular weight is 244 g/mol. The van der Waals surface area contributed by atoms with Gasteiger partial charge in [-0.3, -0.25) is 0 Å². The molecule has 0 spiro atoms. The molecule has 0 saturated carbocycles. The summed E-state index contributed by atoms with van der Waals surface area (Å²) in [6.45, 7) is 5.17. The van der Waals surface area contributed by atoms with Gasteiger partial charge in [0.05, 0.1) is 0 Å². The first-order valence-corrected chi connectivity index (χ1v) is 5.97. The van der Waals surface area contributed by atoms with E-state index in [9.17, 15) is 4.39 Å². The topological polar surface area (TPSA) is 12.0 Å². The predicted molar refractivity (Wildman–Crippen MR) is 67.4 cm³/mol. The molecule has 1 unspecified atom stereocenters. The van der Waals surface area contributed by atoms with Gasteiger partial charge in [0.2, 0.25) is 0 Å². The van der Waals surface area contributed by atoms with Crippen LogP contribution in [0.4, 0.5) is 4.39 Å². The lowest BCUT2D eigenvalue weighted by atomic mass is 9.81. The van der Waals surface area contributed by atoms with Gasteiger partial charge < -0.3 is 5.32 Å². The summed E-state index contributed by atoms with van der Waals surface area (Å²) in [5.74, 6) is -0.205. The van der Waals surface area contributed by atoms with Crippen LogP contribution in [0.3, 0.4) is 0 Å². The summed E-state index contributed by atoms with van der Waals surface area (Å²) < 4.78 is 13.7. The van der Waals surface area contributed by atoms with Crippen LogP contribution in [0.25, 0.3) is 0 Å². The molecule has 0 aliphatic carbocycles. The van der Waals surface area contributed by atoms with Crippen LogP contribution < -0.4 is 5.32 Å². The first-order chi connectivity index (χ1) is 7.50. The van der Waals surface area contributed by atoms with E-state index < -0.39 is 0 Å². The summed E-state index contributed by atoms with van der Waals surface area (Å²) in [5, 5.41) is 3.61. The maximum absolute atomic E-state index is 13.7. The second kappa shape index (κ2) is 5.65. The summed E-state index contributed by atoms with van der Waals surface area (Å²) >= 11 is 5.73. The fraction of sp³-hybridized carbons (Fsp3) is 0.538. The zero-order valence-electron chi connectivity index (χ0n) is 10.1. The first-order valence-electron chi connectivity index (χ1n) is 5.59. The van der Waals surface area contributed by atoms with E-state index in [2.05, 4.69) is 19.2 Å².